The molecule has 3 aromatic carbocycles. The first-order valence-electron chi connectivity index (χ1n) is 9.47. The Balaban J connectivity index is 0.00000363. The van der Waals surface area contributed by atoms with Gasteiger partial charge in [0.15, 0.2) is 0 Å². The zero-order valence-corrected chi connectivity index (χ0v) is 21.6. The number of hydrogen-bond acceptors (Lipinski definition) is 5. The molecule has 2 N–H and O–H groups in total. The summed E-state index contributed by atoms with van der Waals surface area (Å²) in [5.74, 6) is 0.766. The SMILES string of the molecule is Cl.O=[N+]([O-])c1ccc(NCCNCc2cc(Br)c(OCc3ccccc3)c(Br)c2)c(Cl)c1. The Morgan fingerprint density at radius 2 is 1.66 bits per heavy atom. The number of halogens is 4. The van der Waals surface area contributed by atoms with E-state index in [9.17, 15) is 10.1 Å². The van der Waals surface area contributed by atoms with E-state index in [1.54, 1.807) is 6.07 Å². The highest BCUT2D eigenvalue weighted by molar-refractivity contribution is 9.11. The van der Waals surface area contributed by atoms with Crippen LogP contribution in [0.15, 0.2) is 69.6 Å². The monoisotopic (exact) mass is 603 g/mol. The van der Waals surface area contributed by atoms with Crippen LogP contribution in [0.3, 0.4) is 0 Å². The van der Waals surface area contributed by atoms with Crippen LogP contribution in [0, 0.1) is 10.1 Å². The number of non-ortho nitro benzene ring substituents is 1. The summed E-state index contributed by atoms with van der Waals surface area (Å²) < 4.78 is 7.72. The highest BCUT2D eigenvalue weighted by Crippen LogP contribution is 2.35. The summed E-state index contributed by atoms with van der Waals surface area (Å²) in [6, 6.07) is 18.4. The van der Waals surface area contributed by atoms with Gasteiger partial charge < -0.3 is 15.4 Å². The van der Waals surface area contributed by atoms with Gasteiger partial charge in [-0.3, -0.25) is 10.1 Å². The average molecular weight is 606 g/mol. The molecule has 32 heavy (non-hydrogen) atoms. The normalized spacial score (nSPS) is 10.3. The van der Waals surface area contributed by atoms with Gasteiger partial charge in [-0.1, -0.05) is 41.9 Å². The van der Waals surface area contributed by atoms with E-state index < -0.39 is 4.92 Å². The van der Waals surface area contributed by atoms with Gasteiger partial charge in [0.05, 0.1) is 24.6 Å². The second kappa shape index (κ2) is 13.0. The Kier molecular flexibility index (Phi) is 10.7. The second-order valence-electron chi connectivity index (χ2n) is 6.69. The van der Waals surface area contributed by atoms with E-state index in [1.165, 1.54) is 12.1 Å². The largest absolute Gasteiger partial charge is 0.487 e. The topological polar surface area (TPSA) is 76.4 Å². The lowest BCUT2D eigenvalue weighted by Crippen LogP contribution is -2.22. The minimum Gasteiger partial charge on any atom is -0.487 e. The van der Waals surface area contributed by atoms with E-state index in [4.69, 9.17) is 16.3 Å². The van der Waals surface area contributed by atoms with Gasteiger partial charge in [0.1, 0.15) is 12.4 Å². The maximum absolute atomic E-state index is 10.8. The minimum absolute atomic E-state index is 0. The molecular weight excluding hydrogens is 585 g/mol. The summed E-state index contributed by atoms with van der Waals surface area (Å²) in [7, 11) is 0. The summed E-state index contributed by atoms with van der Waals surface area (Å²) in [5.41, 5.74) is 2.84. The first kappa shape index (κ1) is 26.4. The molecule has 0 bridgehead atoms. The van der Waals surface area contributed by atoms with E-state index in [0.717, 1.165) is 25.8 Å². The molecule has 3 aromatic rings. The molecule has 0 amide bonds. The first-order chi connectivity index (χ1) is 14.9. The van der Waals surface area contributed by atoms with E-state index in [-0.39, 0.29) is 18.1 Å². The number of nitrogens with zero attached hydrogens (tertiary/aromatic N) is 1. The van der Waals surface area contributed by atoms with Crippen molar-refractivity contribution >= 4 is 67.2 Å². The summed E-state index contributed by atoms with van der Waals surface area (Å²) in [6.07, 6.45) is 0. The van der Waals surface area contributed by atoms with Crippen molar-refractivity contribution in [3.63, 3.8) is 0 Å². The van der Waals surface area contributed by atoms with Crippen molar-refractivity contribution in [1.82, 2.24) is 5.32 Å². The lowest BCUT2D eigenvalue weighted by Gasteiger charge is -2.13. The standard InChI is InChI=1S/C22H20Br2ClN3O3.ClH/c23-18-10-16(11-19(24)22(18)31-14-15-4-2-1-3-5-15)13-26-8-9-27-21-7-6-17(28(29)30)12-20(21)25;/h1-7,10-12,26-27H,8-9,13-14H2;1H. The predicted molar refractivity (Wildman–Crippen MR) is 138 cm³/mol. The third-order valence-electron chi connectivity index (χ3n) is 4.39. The molecule has 170 valence electrons. The van der Waals surface area contributed by atoms with Gasteiger partial charge in [0, 0.05) is 31.8 Å². The average Bonchev–Trinajstić information content (AvgIpc) is 2.74. The maximum atomic E-state index is 10.8. The van der Waals surface area contributed by atoms with E-state index >= 15 is 0 Å². The number of nitro groups is 1. The van der Waals surface area contributed by atoms with Crippen molar-refractivity contribution in [2.75, 3.05) is 18.4 Å². The van der Waals surface area contributed by atoms with Crippen LogP contribution in [-0.4, -0.2) is 18.0 Å². The third kappa shape index (κ3) is 7.64. The fraction of sp³-hybridized carbons (Fsp3) is 0.182. The molecule has 10 heteroatoms. The summed E-state index contributed by atoms with van der Waals surface area (Å²) in [4.78, 5) is 10.3. The van der Waals surface area contributed by atoms with E-state index in [1.807, 2.05) is 42.5 Å². The Hall–Kier alpha value is -1.84. The van der Waals surface area contributed by atoms with Gasteiger partial charge in [0.25, 0.3) is 5.69 Å². The number of ether oxygens (including phenoxy) is 1. The molecule has 0 atom stereocenters. The number of benzene rings is 3. The van der Waals surface area contributed by atoms with Crippen molar-refractivity contribution in [3.05, 3.63) is 95.9 Å². The number of hydrogen-bond donors (Lipinski definition) is 2. The van der Waals surface area contributed by atoms with Gasteiger partial charge in [-0.05, 0) is 61.2 Å². The summed E-state index contributed by atoms with van der Waals surface area (Å²) in [5, 5.41) is 17.6. The van der Waals surface area contributed by atoms with Crippen LogP contribution in [0.25, 0.3) is 0 Å². The molecule has 0 heterocycles. The molecule has 0 unspecified atom stereocenters. The van der Waals surface area contributed by atoms with Crippen LogP contribution in [0.1, 0.15) is 11.1 Å². The second-order valence-corrected chi connectivity index (χ2v) is 8.80. The van der Waals surface area contributed by atoms with Crippen molar-refractivity contribution in [3.8, 4) is 5.75 Å². The molecule has 3 rings (SSSR count). The van der Waals surface area contributed by atoms with E-state index in [0.29, 0.717) is 37.0 Å². The lowest BCUT2D eigenvalue weighted by molar-refractivity contribution is -0.384. The molecule has 0 radical (unpaired) electrons. The lowest BCUT2D eigenvalue weighted by atomic mass is 10.2. The Morgan fingerprint density at radius 1 is 0.969 bits per heavy atom. The molecule has 0 aliphatic heterocycles. The Labute approximate surface area is 214 Å². The van der Waals surface area contributed by atoms with Crippen LogP contribution in [0.5, 0.6) is 5.75 Å². The molecule has 0 aliphatic rings. The highest BCUT2D eigenvalue weighted by Gasteiger charge is 2.10. The van der Waals surface area contributed by atoms with Crippen LogP contribution in [0.4, 0.5) is 11.4 Å². The number of rotatable bonds is 10. The smallest absolute Gasteiger partial charge is 0.271 e. The van der Waals surface area contributed by atoms with Crippen LogP contribution >= 0.6 is 55.9 Å². The predicted octanol–water partition coefficient (Wildman–Crippen LogP) is 6.98. The van der Waals surface area contributed by atoms with Crippen molar-refractivity contribution in [2.45, 2.75) is 13.2 Å². The molecule has 0 aliphatic carbocycles. The quantitative estimate of drug-likeness (QED) is 0.148. The van der Waals surface area contributed by atoms with Crippen LogP contribution in [0.2, 0.25) is 5.02 Å². The van der Waals surface area contributed by atoms with Crippen LogP contribution in [-0.2, 0) is 13.2 Å². The van der Waals surface area contributed by atoms with Crippen molar-refractivity contribution < 1.29 is 9.66 Å². The number of nitrogens with one attached hydrogen (secondary N) is 2. The molecule has 0 spiro atoms. The molecule has 6 nitrogen and oxygen atoms in total. The fourth-order valence-electron chi connectivity index (χ4n) is 2.86. The molecule has 0 aromatic heterocycles. The maximum Gasteiger partial charge on any atom is 0.271 e. The molecular formula is C22H21Br2Cl2N3O3. The van der Waals surface area contributed by atoms with Gasteiger partial charge in [-0.15, -0.1) is 12.4 Å². The summed E-state index contributed by atoms with van der Waals surface area (Å²) >= 11 is 13.3. The molecule has 0 fully saturated rings. The van der Waals surface area contributed by atoms with E-state index in [2.05, 4.69) is 42.5 Å². The van der Waals surface area contributed by atoms with Gasteiger partial charge >= 0.3 is 0 Å². The molecule has 0 saturated heterocycles. The van der Waals surface area contributed by atoms with Crippen LogP contribution < -0.4 is 15.4 Å². The highest BCUT2D eigenvalue weighted by atomic mass is 79.9. The first-order valence-corrected chi connectivity index (χ1v) is 11.4. The Bertz CT molecular complexity index is 1030. The minimum atomic E-state index is -0.467. The summed E-state index contributed by atoms with van der Waals surface area (Å²) in [6.45, 7) is 2.48. The molecule has 0 saturated carbocycles. The number of anilines is 1. The van der Waals surface area contributed by atoms with Gasteiger partial charge in [-0.25, -0.2) is 0 Å². The zero-order chi connectivity index (χ0) is 22.2. The van der Waals surface area contributed by atoms with Gasteiger partial charge in [-0.2, -0.15) is 0 Å². The van der Waals surface area contributed by atoms with Crippen molar-refractivity contribution in [1.29, 1.82) is 0 Å². The van der Waals surface area contributed by atoms with Gasteiger partial charge in [0.2, 0.25) is 0 Å². The Morgan fingerprint density at radius 3 is 2.28 bits per heavy atom. The fourth-order valence-corrected chi connectivity index (χ4v) is 4.61. The third-order valence-corrected chi connectivity index (χ3v) is 5.88. The zero-order valence-electron chi connectivity index (χ0n) is 16.8. The number of nitro benzene ring substituents is 1. The van der Waals surface area contributed by atoms with Crippen molar-refractivity contribution in [2.24, 2.45) is 0 Å².